The number of amides is 2. The minimum atomic E-state index is -0.469. The van der Waals surface area contributed by atoms with E-state index in [2.05, 4.69) is 10.3 Å². The first-order chi connectivity index (χ1) is 26.8. The predicted octanol–water partition coefficient (Wildman–Crippen LogP) is 7.05. The number of rotatable bonds is 9. The number of hydrogen-bond acceptors (Lipinski definition) is 10. The number of anilines is 3. The number of fused-ring (bicyclic) bond motifs is 8. The van der Waals surface area contributed by atoms with Crippen molar-refractivity contribution in [3.8, 4) is 23.0 Å². The molecule has 4 heterocycles. The Morgan fingerprint density at radius 3 is 2.02 bits per heavy atom. The van der Waals surface area contributed by atoms with Gasteiger partial charge in [-0.3, -0.25) is 29.6 Å². The van der Waals surface area contributed by atoms with Crippen LogP contribution in [0.5, 0.6) is 23.0 Å². The standard InChI is InChI=1S/C42H35N5O8/c1-52-37-16-31-33(43-20-29-14-26-7-3-5-9-35(26)45(29)41(31)48)18-39(37)54-22-24-11-25(13-28(12-24)47(50)51)23-55-40-19-34-32(17-38(40)53-2)42(49)46-30(21-44-34)15-27-8-4-6-10-36(27)46/h3-13,16-20,29-30,44H,14-15,21-23H2,1-2H3/t29-,30-/m0/s1. The number of nitro groups is 1. The first-order valence-corrected chi connectivity index (χ1v) is 17.9. The van der Waals surface area contributed by atoms with Crippen molar-refractivity contribution in [2.45, 2.75) is 38.1 Å². The Hall–Kier alpha value is -6.89. The Bertz CT molecular complexity index is 2450. The Kier molecular flexibility index (Phi) is 8.33. The summed E-state index contributed by atoms with van der Waals surface area (Å²) in [5.41, 5.74) is 6.81. The summed E-state index contributed by atoms with van der Waals surface area (Å²) in [6.07, 6.45) is 3.20. The van der Waals surface area contributed by atoms with Gasteiger partial charge in [-0.25, -0.2) is 0 Å². The van der Waals surface area contributed by atoms with Gasteiger partial charge < -0.3 is 29.2 Å². The smallest absolute Gasteiger partial charge is 0.270 e. The van der Waals surface area contributed by atoms with Crippen LogP contribution in [0.3, 0.4) is 0 Å². The Balaban J connectivity index is 0.946. The first-order valence-electron chi connectivity index (χ1n) is 17.9. The fourth-order valence-corrected chi connectivity index (χ4v) is 7.94. The van der Waals surface area contributed by atoms with E-state index in [0.717, 1.165) is 28.9 Å². The second kappa shape index (κ2) is 13.5. The molecule has 276 valence electrons. The van der Waals surface area contributed by atoms with Gasteiger partial charge in [0.1, 0.15) is 13.2 Å². The molecule has 5 aromatic carbocycles. The minimum Gasteiger partial charge on any atom is -0.493 e. The minimum absolute atomic E-state index is 0.0281. The number of carbonyl (C=O) groups is 2. The number of ether oxygens (including phenoxy) is 4. The van der Waals surface area contributed by atoms with E-state index in [1.54, 1.807) is 41.4 Å². The van der Waals surface area contributed by atoms with Crippen molar-refractivity contribution in [2.24, 2.45) is 4.99 Å². The summed E-state index contributed by atoms with van der Waals surface area (Å²) in [6, 6.07) is 26.8. The van der Waals surface area contributed by atoms with Gasteiger partial charge in [-0.1, -0.05) is 36.4 Å². The van der Waals surface area contributed by atoms with E-state index in [1.807, 2.05) is 53.4 Å². The van der Waals surface area contributed by atoms with Crippen LogP contribution in [-0.2, 0) is 26.1 Å². The maximum absolute atomic E-state index is 13.8. The van der Waals surface area contributed by atoms with Gasteiger partial charge in [-0.2, -0.15) is 0 Å². The van der Waals surface area contributed by atoms with Gasteiger partial charge in [-0.15, -0.1) is 0 Å². The molecule has 9 rings (SSSR count). The zero-order valence-corrected chi connectivity index (χ0v) is 30.0. The van der Waals surface area contributed by atoms with Crippen LogP contribution in [0.25, 0.3) is 0 Å². The molecule has 0 fully saturated rings. The number of benzene rings is 5. The summed E-state index contributed by atoms with van der Waals surface area (Å²) in [4.78, 5) is 47.5. The van der Waals surface area contributed by atoms with Gasteiger partial charge in [0.15, 0.2) is 23.0 Å². The number of non-ortho nitro benzene ring substituents is 1. The number of aliphatic imine (C=N–C) groups is 1. The number of para-hydroxylation sites is 2. The molecular formula is C42H35N5O8. The van der Waals surface area contributed by atoms with Crippen LogP contribution in [0.4, 0.5) is 28.4 Å². The summed E-state index contributed by atoms with van der Waals surface area (Å²) in [7, 11) is 2.99. The molecule has 4 aliphatic heterocycles. The van der Waals surface area contributed by atoms with E-state index in [-0.39, 0.29) is 42.8 Å². The molecule has 0 aromatic heterocycles. The van der Waals surface area contributed by atoms with Gasteiger partial charge in [0.05, 0.1) is 53.7 Å². The zero-order chi connectivity index (χ0) is 37.8. The summed E-state index contributed by atoms with van der Waals surface area (Å²) >= 11 is 0. The molecule has 5 aromatic rings. The van der Waals surface area contributed by atoms with Crippen LogP contribution in [0, 0.1) is 10.1 Å². The quantitative estimate of drug-likeness (QED) is 0.124. The molecule has 2 atom stereocenters. The monoisotopic (exact) mass is 737 g/mol. The van der Waals surface area contributed by atoms with Crippen molar-refractivity contribution in [3.05, 3.63) is 134 Å². The van der Waals surface area contributed by atoms with E-state index in [0.29, 0.717) is 69.6 Å². The maximum atomic E-state index is 13.8. The molecule has 4 aliphatic rings. The second-order valence-corrected chi connectivity index (χ2v) is 13.8. The van der Waals surface area contributed by atoms with Gasteiger partial charge in [-0.05, 0) is 59.0 Å². The molecule has 1 N–H and O–H groups in total. The Morgan fingerprint density at radius 2 is 1.35 bits per heavy atom. The van der Waals surface area contributed by atoms with E-state index in [1.165, 1.54) is 26.4 Å². The molecule has 0 spiro atoms. The van der Waals surface area contributed by atoms with Crippen LogP contribution in [0.15, 0.2) is 96.0 Å². The highest BCUT2D eigenvalue weighted by atomic mass is 16.6. The second-order valence-electron chi connectivity index (χ2n) is 13.8. The number of nitrogens with zero attached hydrogens (tertiary/aromatic N) is 4. The van der Waals surface area contributed by atoms with Crippen molar-refractivity contribution in [3.63, 3.8) is 0 Å². The number of hydrogen-bond donors (Lipinski definition) is 1. The largest absolute Gasteiger partial charge is 0.493 e. The molecule has 0 radical (unpaired) electrons. The molecule has 13 nitrogen and oxygen atoms in total. The third-order valence-corrected chi connectivity index (χ3v) is 10.5. The maximum Gasteiger partial charge on any atom is 0.270 e. The van der Waals surface area contributed by atoms with E-state index in [4.69, 9.17) is 18.9 Å². The third kappa shape index (κ3) is 5.93. The van der Waals surface area contributed by atoms with Crippen molar-refractivity contribution < 1.29 is 33.5 Å². The van der Waals surface area contributed by atoms with E-state index < -0.39 is 4.92 Å². The summed E-state index contributed by atoms with van der Waals surface area (Å²) in [5, 5.41) is 15.4. The third-order valence-electron chi connectivity index (χ3n) is 10.5. The lowest BCUT2D eigenvalue weighted by molar-refractivity contribution is -0.385. The molecular weight excluding hydrogens is 702 g/mol. The fraction of sp³-hybridized carbons (Fsp3) is 0.214. The number of nitrogens with one attached hydrogen (secondary N) is 1. The Labute approximate surface area is 315 Å². The molecule has 0 aliphatic carbocycles. The van der Waals surface area contributed by atoms with Crippen molar-refractivity contribution >= 4 is 46.5 Å². The van der Waals surface area contributed by atoms with Crippen molar-refractivity contribution in [2.75, 3.05) is 35.9 Å². The number of methoxy groups -OCH3 is 2. The molecule has 0 unspecified atom stereocenters. The van der Waals surface area contributed by atoms with Gasteiger partial charge in [0, 0.05) is 54.8 Å². The van der Waals surface area contributed by atoms with Crippen LogP contribution < -0.4 is 34.1 Å². The lowest BCUT2D eigenvalue weighted by Crippen LogP contribution is -2.39. The first kappa shape index (κ1) is 33.9. The Morgan fingerprint density at radius 1 is 0.745 bits per heavy atom. The molecule has 55 heavy (non-hydrogen) atoms. The highest BCUT2D eigenvalue weighted by molar-refractivity contribution is 6.15. The summed E-state index contributed by atoms with van der Waals surface area (Å²) < 4.78 is 23.7. The average molecular weight is 738 g/mol. The lowest BCUT2D eigenvalue weighted by Gasteiger charge is -2.22. The van der Waals surface area contributed by atoms with Gasteiger partial charge >= 0.3 is 0 Å². The van der Waals surface area contributed by atoms with Crippen LogP contribution in [-0.4, -0.2) is 55.8 Å². The number of carbonyl (C=O) groups excluding carboxylic acids is 2. The average Bonchev–Trinajstić information content (AvgIpc) is 3.70. The van der Waals surface area contributed by atoms with Crippen LogP contribution in [0.1, 0.15) is 43.0 Å². The highest BCUT2D eigenvalue weighted by Crippen LogP contribution is 2.43. The zero-order valence-electron chi connectivity index (χ0n) is 30.0. The fourth-order valence-electron chi connectivity index (χ4n) is 7.94. The van der Waals surface area contributed by atoms with Gasteiger partial charge in [0.25, 0.3) is 17.5 Å². The number of nitro benzene ring substituents is 1. The predicted molar refractivity (Wildman–Crippen MR) is 206 cm³/mol. The molecule has 0 bridgehead atoms. The van der Waals surface area contributed by atoms with E-state index >= 15 is 0 Å². The SMILES string of the molecule is COc1cc2c(cc1OCc1cc(COc3cc4c(cc3OC)C(=O)N3c5ccccc5C[C@H]3CN4)cc([N+](=O)[O-])c1)N=C[C@@H]1Cc3ccccc3N1C2=O. The molecule has 2 amide bonds. The topological polar surface area (TPSA) is 145 Å². The molecule has 0 saturated heterocycles. The highest BCUT2D eigenvalue weighted by Gasteiger charge is 2.38. The molecule has 0 saturated carbocycles. The summed E-state index contributed by atoms with van der Waals surface area (Å²) in [6.45, 7) is 0.483. The van der Waals surface area contributed by atoms with Gasteiger partial charge in [0.2, 0.25) is 0 Å². The normalized spacial score (nSPS) is 17.4. The van der Waals surface area contributed by atoms with Crippen LogP contribution in [0.2, 0.25) is 0 Å². The molecule has 13 heteroatoms. The van der Waals surface area contributed by atoms with Crippen LogP contribution >= 0.6 is 0 Å². The lowest BCUT2D eigenvalue weighted by atomic mass is 10.1. The van der Waals surface area contributed by atoms with Crippen molar-refractivity contribution in [1.82, 2.24) is 0 Å². The summed E-state index contributed by atoms with van der Waals surface area (Å²) in [5.74, 6) is 1.08. The van der Waals surface area contributed by atoms with E-state index in [9.17, 15) is 19.7 Å². The van der Waals surface area contributed by atoms with Crippen molar-refractivity contribution in [1.29, 1.82) is 0 Å².